The van der Waals surface area contributed by atoms with E-state index in [1.165, 1.54) is 12.8 Å². The van der Waals surface area contributed by atoms with Gasteiger partial charge in [-0.05, 0) is 70.9 Å². The monoisotopic (exact) mass is 230 g/mol. The quantitative estimate of drug-likeness (QED) is 0.363. The molecule has 0 saturated carbocycles. The topological polar surface area (TPSA) is 76.1 Å². The van der Waals surface area contributed by atoms with Gasteiger partial charge in [-0.15, -0.1) is 0 Å². The summed E-state index contributed by atoms with van der Waals surface area (Å²) in [7, 11) is 0. The van der Waals surface area contributed by atoms with Crippen LogP contribution in [0.5, 0.6) is 0 Å². The third kappa shape index (κ3) is 11.9. The largest absolute Gasteiger partial charge is 0.330 e. The van der Waals surface area contributed by atoms with Crippen molar-refractivity contribution in [2.24, 2.45) is 17.4 Å². The summed E-state index contributed by atoms with van der Waals surface area (Å²) in [5.74, 6) is 0.758. The van der Waals surface area contributed by atoms with Crippen LogP contribution in [-0.4, -0.2) is 39.3 Å². The van der Waals surface area contributed by atoms with Crippen LogP contribution in [0.25, 0.3) is 0 Å². The van der Waals surface area contributed by atoms with Crippen molar-refractivity contribution in [3.05, 3.63) is 0 Å². The lowest BCUT2D eigenvalue weighted by molar-refractivity contribution is 0.455. The predicted octanol–water partition coefficient (Wildman–Crippen LogP) is 0.280. The third-order valence-corrected chi connectivity index (χ3v) is 2.66. The molecule has 0 aromatic rings. The minimum atomic E-state index is 0.758. The lowest BCUT2D eigenvalue weighted by Crippen LogP contribution is -2.25. The summed E-state index contributed by atoms with van der Waals surface area (Å²) >= 11 is 0. The first kappa shape index (κ1) is 15.8. The molecule has 0 radical (unpaired) electrons. The molecule has 0 aromatic carbocycles. The molecule has 0 rings (SSSR count). The lowest BCUT2D eigenvalue weighted by atomic mass is 10.1. The van der Waals surface area contributed by atoms with Gasteiger partial charge in [0.25, 0.3) is 0 Å². The van der Waals surface area contributed by atoms with Crippen LogP contribution in [0, 0.1) is 5.92 Å². The molecule has 4 heteroatoms. The van der Waals surface area contributed by atoms with Gasteiger partial charge in [0.1, 0.15) is 0 Å². The molecule has 0 aromatic heterocycles. The molecule has 0 aliphatic rings. The molecule has 6 N–H and O–H groups in total. The number of nitrogens with one attached hydrogen (secondary N) is 2. The highest BCUT2D eigenvalue weighted by Crippen LogP contribution is 2.02. The van der Waals surface area contributed by atoms with Crippen LogP contribution in [-0.2, 0) is 0 Å². The minimum absolute atomic E-state index is 0.758. The molecule has 0 saturated heterocycles. The van der Waals surface area contributed by atoms with E-state index >= 15 is 0 Å². The fraction of sp³-hybridized carbons (Fsp3) is 1.00. The van der Waals surface area contributed by atoms with Crippen molar-refractivity contribution < 1.29 is 0 Å². The summed E-state index contributed by atoms with van der Waals surface area (Å²) in [5, 5.41) is 6.83. The molecule has 0 aliphatic carbocycles. The minimum Gasteiger partial charge on any atom is -0.330 e. The van der Waals surface area contributed by atoms with Crippen molar-refractivity contribution in [1.82, 2.24) is 10.6 Å². The van der Waals surface area contributed by atoms with Crippen LogP contribution in [0.15, 0.2) is 0 Å². The molecule has 98 valence electrons. The second-order valence-electron chi connectivity index (χ2n) is 4.49. The van der Waals surface area contributed by atoms with Crippen LogP contribution in [0.2, 0.25) is 0 Å². The van der Waals surface area contributed by atoms with Crippen molar-refractivity contribution in [1.29, 1.82) is 0 Å². The number of hydrogen-bond donors (Lipinski definition) is 4. The first-order valence-corrected chi connectivity index (χ1v) is 6.62. The first-order valence-electron chi connectivity index (χ1n) is 6.62. The second kappa shape index (κ2) is 12.9. The Balaban J connectivity index is 3.08. The summed E-state index contributed by atoms with van der Waals surface area (Å²) in [6.07, 6.45) is 4.69. The summed E-state index contributed by atoms with van der Waals surface area (Å²) in [6.45, 7) is 8.21. The van der Waals surface area contributed by atoms with Gasteiger partial charge < -0.3 is 22.1 Å². The van der Waals surface area contributed by atoms with E-state index in [2.05, 4.69) is 17.6 Å². The van der Waals surface area contributed by atoms with Gasteiger partial charge in [0.15, 0.2) is 0 Å². The number of hydrogen-bond acceptors (Lipinski definition) is 4. The average Bonchev–Trinajstić information content (AvgIpc) is 2.29. The van der Waals surface area contributed by atoms with Gasteiger partial charge >= 0.3 is 0 Å². The van der Waals surface area contributed by atoms with Gasteiger partial charge in [-0.25, -0.2) is 0 Å². The third-order valence-electron chi connectivity index (χ3n) is 2.66. The van der Waals surface area contributed by atoms with E-state index in [0.717, 1.165) is 58.0 Å². The van der Waals surface area contributed by atoms with Gasteiger partial charge in [-0.3, -0.25) is 0 Å². The smallest absolute Gasteiger partial charge is 0.00231 e. The van der Waals surface area contributed by atoms with Crippen LogP contribution >= 0.6 is 0 Å². The Morgan fingerprint density at radius 1 is 0.875 bits per heavy atom. The summed E-state index contributed by atoms with van der Waals surface area (Å²) in [4.78, 5) is 0. The number of rotatable bonds is 12. The second-order valence-corrected chi connectivity index (χ2v) is 4.49. The molecule has 0 bridgehead atoms. The molecule has 0 spiro atoms. The van der Waals surface area contributed by atoms with Crippen LogP contribution in [0.3, 0.4) is 0 Å². The first-order chi connectivity index (χ1) is 7.81. The van der Waals surface area contributed by atoms with E-state index in [9.17, 15) is 0 Å². The zero-order chi connectivity index (χ0) is 12.1. The van der Waals surface area contributed by atoms with Gasteiger partial charge in [-0.2, -0.15) is 0 Å². The van der Waals surface area contributed by atoms with Gasteiger partial charge in [0.05, 0.1) is 0 Å². The van der Waals surface area contributed by atoms with Crippen molar-refractivity contribution in [3.63, 3.8) is 0 Å². The van der Waals surface area contributed by atoms with Crippen LogP contribution in [0.4, 0.5) is 0 Å². The Labute approximate surface area is 101 Å². The molecule has 0 fully saturated rings. The van der Waals surface area contributed by atoms with E-state index in [-0.39, 0.29) is 0 Å². The Hall–Kier alpha value is -0.160. The Morgan fingerprint density at radius 2 is 1.44 bits per heavy atom. The fourth-order valence-electron chi connectivity index (χ4n) is 1.61. The zero-order valence-electron chi connectivity index (χ0n) is 10.8. The van der Waals surface area contributed by atoms with Gasteiger partial charge in [0.2, 0.25) is 0 Å². The fourth-order valence-corrected chi connectivity index (χ4v) is 1.61. The van der Waals surface area contributed by atoms with E-state index in [0.29, 0.717) is 0 Å². The van der Waals surface area contributed by atoms with Crippen molar-refractivity contribution in [3.8, 4) is 0 Å². The van der Waals surface area contributed by atoms with E-state index in [4.69, 9.17) is 11.5 Å². The molecule has 0 amide bonds. The SMILES string of the molecule is CC(CCCNCCCN)CNCCCN. The van der Waals surface area contributed by atoms with Crippen molar-refractivity contribution >= 4 is 0 Å². The molecule has 1 unspecified atom stereocenters. The Morgan fingerprint density at radius 3 is 2.06 bits per heavy atom. The summed E-state index contributed by atoms with van der Waals surface area (Å²) in [5.41, 5.74) is 10.8. The highest BCUT2D eigenvalue weighted by atomic mass is 14.9. The maximum absolute atomic E-state index is 5.43. The van der Waals surface area contributed by atoms with Gasteiger partial charge in [-0.1, -0.05) is 6.92 Å². The highest BCUT2D eigenvalue weighted by Gasteiger charge is 2.00. The molecule has 4 nitrogen and oxygen atoms in total. The average molecular weight is 230 g/mol. The molecule has 16 heavy (non-hydrogen) atoms. The summed E-state index contributed by atoms with van der Waals surface area (Å²) < 4.78 is 0. The standard InChI is InChI=1S/C12H30N4/c1-12(11-16-10-4-7-14)5-2-8-15-9-3-6-13/h12,15-16H,2-11,13-14H2,1H3. The molecule has 0 aliphatic heterocycles. The number of nitrogens with two attached hydrogens (primary N) is 2. The molecule has 1 atom stereocenters. The maximum Gasteiger partial charge on any atom is -0.00231 e. The molecular formula is C12H30N4. The normalized spacial score (nSPS) is 12.9. The molecule has 0 heterocycles. The van der Waals surface area contributed by atoms with E-state index in [1.807, 2.05) is 0 Å². The molecular weight excluding hydrogens is 200 g/mol. The van der Waals surface area contributed by atoms with Crippen LogP contribution in [0.1, 0.15) is 32.6 Å². The van der Waals surface area contributed by atoms with Crippen LogP contribution < -0.4 is 22.1 Å². The summed E-state index contributed by atoms with van der Waals surface area (Å²) in [6, 6.07) is 0. The highest BCUT2D eigenvalue weighted by molar-refractivity contribution is 4.59. The Bertz CT molecular complexity index is 130. The van der Waals surface area contributed by atoms with E-state index in [1.54, 1.807) is 0 Å². The van der Waals surface area contributed by atoms with E-state index < -0.39 is 0 Å². The Kier molecular flexibility index (Phi) is 12.8. The predicted molar refractivity (Wildman–Crippen MR) is 71.5 cm³/mol. The van der Waals surface area contributed by atoms with Gasteiger partial charge in [0, 0.05) is 0 Å². The lowest BCUT2D eigenvalue weighted by Gasteiger charge is -2.12. The van der Waals surface area contributed by atoms with Crippen molar-refractivity contribution in [2.45, 2.75) is 32.6 Å². The maximum atomic E-state index is 5.43. The zero-order valence-corrected chi connectivity index (χ0v) is 10.8. The van der Waals surface area contributed by atoms with Crippen molar-refractivity contribution in [2.75, 3.05) is 39.3 Å².